The fraction of sp³-hybridized carbons (Fsp3) is 0.700. The largest absolute Gasteiger partial charge is 0.396 e. The molecule has 1 N–H and O–H groups in total. The van der Waals surface area contributed by atoms with Crippen molar-refractivity contribution in [1.29, 1.82) is 0 Å². The summed E-state index contributed by atoms with van der Waals surface area (Å²) in [6.45, 7) is 2.68. The molecule has 1 aromatic carbocycles. The molecule has 2 saturated heterocycles. The number of nitrogens with zero attached hydrogens (tertiary/aromatic N) is 1. The molecule has 0 aliphatic carbocycles. The maximum absolute atomic E-state index is 10.2. The first kappa shape index (κ1) is 18.6. The van der Waals surface area contributed by atoms with Crippen LogP contribution in [-0.2, 0) is 6.42 Å². The maximum atomic E-state index is 10.2. The van der Waals surface area contributed by atoms with Crippen LogP contribution in [0.5, 0.6) is 0 Å². The average molecular weight is 366 g/mol. The molecule has 1 aromatic rings. The number of piperidine rings is 1. The van der Waals surface area contributed by atoms with Crippen LogP contribution >= 0.6 is 23.5 Å². The zero-order chi connectivity index (χ0) is 16.7. The Kier molecular flexibility index (Phi) is 7.38. The van der Waals surface area contributed by atoms with Crippen molar-refractivity contribution in [2.24, 2.45) is 5.41 Å². The van der Waals surface area contributed by atoms with Crippen molar-refractivity contribution >= 4 is 23.5 Å². The van der Waals surface area contributed by atoms with E-state index in [1.54, 1.807) is 0 Å². The van der Waals surface area contributed by atoms with E-state index in [2.05, 4.69) is 58.8 Å². The molecule has 0 saturated carbocycles. The minimum Gasteiger partial charge on any atom is -0.396 e. The summed E-state index contributed by atoms with van der Waals surface area (Å²) in [6, 6.07) is 11.5. The summed E-state index contributed by atoms with van der Waals surface area (Å²) in [5, 5.41) is 10.2. The number of aryl methyl sites for hydroxylation is 1. The Balaban J connectivity index is 1.54. The summed E-state index contributed by atoms with van der Waals surface area (Å²) in [6.07, 6.45) is 5.92. The predicted molar refractivity (Wildman–Crippen MR) is 108 cm³/mol. The molecule has 4 heteroatoms. The molecule has 1 atom stereocenters. The number of aliphatic hydroxyl groups excluding tert-OH is 1. The van der Waals surface area contributed by atoms with Crippen molar-refractivity contribution in [1.82, 2.24) is 4.90 Å². The average Bonchev–Trinajstić information content (AvgIpc) is 2.92. The van der Waals surface area contributed by atoms with Crippen LogP contribution in [0.4, 0.5) is 0 Å². The molecule has 0 radical (unpaired) electrons. The first-order chi connectivity index (χ1) is 11.8. The number of hydrogen-bond donors (Lipinski definition) is 1. The molecule has 24 heavy (non-hydrogen) atoms. The summed E-state index contributed by atoms with van der Waals surface area (Å²) in [7, 11) is 0. The SMILES string of the molecule is OCC1(CCCc2ccccc2)CCCN(C2CSCCSC2)C1. The van der Waals surface area contributed by atoms with Crippen LogP contribution < -0.4 is 0 Å². The molecule has 0 aromatic heterocycles. The van der Waals surface area contributed by atoms with Crippen molar-refractivity contribution in [3.8, 4) is 0 Å². The Bertz CT molecular complexity index is 476. The quantitative estimate of drug-likeness (QED) is 0.825. The third-order valence-electron chi connectivity index (χ3n) is 5.55. The highest BCUT2D eigenvalue weighted by molar-refractivity contribution is 8.03. The van der Waals surface area contributed by atoms with E-state index in [0.29, 0.717) is 12.6 Å². The van der Waals surface area contributed by atoms with Crippen molar-refractivity contribution in [3.63, 3.8) is 0 Å². The van der Waals surface area contributed by atoms with Gasteiger partial charge in [0.2, 0.25) is 0 Å². The van der Waals surface area contributed by atoms with Gasteiger partial charge >= 0.3 is 0 Å². The normalized spacial score (nSPS) is 27.0. The topological polar surface area (TPSA) is 23.5 Å². The van der Waals surface area contributed by atoms with Gasteiger partial charge in [-0.25, -0.2) is 0 Å². The Morgan fingerprint density at radius 1 is 1.12 bits per heavy atom. The number of rotatable bonds is 6. The van der Waals surface area contributed by atoms with Gasteiger partial charge in [0.1, 0.15) is 0 Å². The lowest BCUT2D eigenvalue weighted by Gasteiger charge is -2.45. The van der Waals surface area contributed by atoms with E-state index in [1.165, 1.54) is 54.4 Å². The first-order valence-corrected chi connectivity index (χ1v) is 11.7. The molecule has 3 rings (SSSR count). The smallest absolute Gasteiger partial charge is 0.0499 e. The maximum Gasteiger partial charge on any atom is 0.0499 e. The molecule has 1 unspecified atom stereocenters. The molecule has 134 valence electrons. The predicted octanol–water partition coefficient (Wildman–Crippen LogP) is 3.93. The fourth-order valence-corrected chi connectivity index (χ4v) is 6.72. The molecule has 0 bridgehead atoms. The van der Waals surface area contributed by atoms with Crippen LogP contribution in [0, 0.1) is 5.41 Å². The summed E-state index contributed by atoms with van der Waals surface area (Å²) >= 11 is 4.23. The van der Waals surface area contributed by atoms with Gasteiger partial charge in [0.05, 0.1) is 0 Å². The molecular formula is C20H31NOS2. The van der Waals surface area contributed by atoms with Crippen LogP contribution in [0.3, 0.4) is 0 Å². The van der Waals surface area contributed by atoms with Crippen molar-refractivity contribution in [2.75, 3.05) is 42.7 Å². The highest BCUT2D eigenvalue weighted by Gasteiger charge is 2.37. The lowest BCUT2D eigenvalue weighted by atomic mass is 9.76. The van der Waals surface area contributed by atoms with Crippen molar-refractivity contribution < 1.29 is 5.11 Å². The minimum atomic E-state index is 0.134. The standard InChI is InChI=1S/C20H31NOS2/c22-17-20(9-4-8-18-6-2-1-3-7-18)10-5-11-21(16-20)19-14-23-12-13-24-15-19/h1-3,6-7,19,22H,4-5,8-17H2. The molecular weight excluding hydrogens is 334 g/mol. The summed E-state index contributed by atoms with van der Waals surface area (Å²) in [4.78, 5) is 2.70. The number of hydrogen-bond acceptors (Lipinski definition) is 4. The number of benzene rings is 1. The Hall–Kier alpha value is -0.160. The van der Waals surface area contributed by atoms with Crippen LogP contribution in [-0.4, -0.2) is 58.8 Å². The van der Waals surface area contributed by atoms with E-state index < -0.39 is 0 Å². The van der Waals surface area contributed by atoms with Crippen LogP contribution in [0.25, 0.3) is 0 Å². The monoisotopic (exact) mass is 365 g/mol. The van der Waals surface area contributed by atoms with Gasteiger partial charge in [-0.2, -0.15) is 23.5 Å². The lowest BCUT2D eigenvalue weighted by molar-refractivity contribution is 0.0131. The van der Waals surface area contributed by atoms with E-state index in [0.717, 1.165) is 19.4 Å². The Morgan fingerprint density at radius 2 is 1.88 bits per heavy atom. The second kappa shape index (κ2) is 9.51. The number of aliphatic hydroxyl groups is 1. The lowest BCUT2D eigenvalue weighted by Crippen LogP contribution is -2.51. The van der Waals surface area contributed by atoms with Gasteiger partial charge in [-0.1, -0.05) is 30.3 Å². The van der Waals surface area contributed by atoms with Gasteiger partial charge in [0, 0.05) is 47.6 Å². The third kappa shape index (κ3) is 5.17. The highest BCUT2D eigenvalue weighted by atomic mass is 32.2. The van der Waals surface area contributed by atoms with Gasteiger partial charge in [0.25, 0.3) is 0 Å². The molecule has 2 nitrogen and oxygen atoms in total. The van der Waals surface area contributed by atoms with E-state index in [4.69, 9.17) is 0 Å². The van der Waals surface area contributed by atoms with E-state index in [9.17, 15) is 5.11 Å². The van der Waals surface area contributed by atoms with Gasteiger partial charge in [0.15, 0.2) is 0 Å². The highest BCUT2D eigenvalue weighted by Crippen LogP contribution is 2.36. The van der Waals surface area contributed by atoms with Gasteiger partial charge < -0.3 is 5.11 Å². The minimum absolute atomic E-state index is 0.134. The van der Waals surface area contributed by atoms with Gasteiger partial charge in [-0.15, -0.1) is 0 Å². The zero-order valence-electron chi connectivity index (χ0n) is 14.7. The number of thioether (sulfide) groups is 2. The molecule has 2 aliphatic rings. The molecule has 2 fully saturated rings. The summed E-state index contributed by atoms with van der Waals surface area (Å²) < 4.78 is 0. The van der Waals surface area contributed by atoms with E-state index in [-0.39, 0.29) is 5.41 Å². The van der Waals surface area contributed by atoms with Gasteiger partial charge in [-0.05, 0) is 44.2 Å². The summed E-state index contributed by atoms with van der Waals surface area (Å²) in [5.41, 5.74) is 1.56. The third-order valence-corrected chi connectivity index (χ3v) is 8.04. The van der Waals surface area contributed by atoms with E-state index in [1.807, 2.05) is 0 Å². The molecule has 2 aliphatic heterocycles. The Labute approximate surface area is 155 Å². The van der Waals surface area contributed by atoms with Crippen molar-refractivity contribution in [3.05, 3.63) is 35.9 Å². The van der Waals surface area contributed by atoms with Gasteiger partial charge in [-0.3, -0.25) is 4.90 Å². The van der Waals surface area contributed by atoms with Crippen molar-refractivity contribution in [2.45, 2.75) is 38.1 Å². The second-order valence-electron chi connectivity index (χ2n) is 7.37. The zero-order valence-corrected chi connectivity index (χ0v) is 16.3. The van der Waals surface area contributed by atoms with Crippen LogP contribution in [0.1, 0.15) is 31.2 Å². The first-order valence-electron chi connectivity index (χ1n) is 9.36. The second-order valence-corrected chi connectivity index (χ2v) is 9.67. The molecule has 2 heterocycles. The molecule has 0 spiro atoms. The van der Waals surface area contributed by atoms with E-state index >= 15 is 0 Å². The number of likely N-dealkylation sites (tertiary alicyclic amines) is 1. The van der Waals surface area contributed by atoms with Crippen LogP contribution in [0.15, 0.2) is 30.3 Å². The Morgan fingerprint density at radius 3 is 2.58 bits per heavy atom. The summed E-state index contributed by atoms with van der Waals surface area (Å²) in [5.74, 6) is 5.16. The van der Waals surface area contributed by atoms with Crippen LogP contribution in [0.2, 0.25) is 0 Å². The fourth-order valence-electron chi connectivity index (χ4n) is 4.10. The molecule has 0 amide bonds.